The Bertz CT molecular complexity index is 393. The fourth-order valence-electron chi connectivity index (χ4n) is 1.50. The zero-order valence-corrected chi connectivity index (χ0v) is 11.2. The second-order valence-electron chi connectivity index (χ2n) is 5.49. The number of rotatable bonds is 5. The number of aliphatic hydroxyl groups excluding tert-OH is 1. The highest BCUT2D eigenvalue weighted by molar-refractivity contribution is 5.94. The lowest BCUT2D eigenvalue weighted by Gasteiger charge is -2.28. The Morgan fingerprint density at radius 1 is 1.33 bits per heavy atom. The molecule has 100 valence electrons. The molecule has 1 aromatic carbocycles. The van der Waals surface area contributed by atoms with Crippen LogP contribution in [0.5, 0.6) is 5.75 Å². The number of nitrogens with one attached hydrogen (secondary N) is 1. The van der Waals surface area contributed by atoms with Gasteiger partial charge in [0, 0.05) is 18.1 Å². The maximum Gasteiger partial charge on any atom is 0.122 e. The summed E-state index contributed by atoms with van der Waals surface area (Å²) in [6.45, 7) is 6.82. The lowest BCUT2D eigenvalue weighted by Crippen LogP contribution is -2.29. The van der Waals surface area contributed by atoms with Crippen molar-refractivity contribution >= 4 is 5.84 Å². The van der Waals surface area contributed by atoms with Crippen molar-refractivity contribution in [3.8, 4) is 5.75 Å². The summed E-state index contributed by atoms with van der Waals surface area (Å²) in [6, 6.07) is 7.08. The number of nitrogens with two attached hydrogens (primary N) is 1. The molecule has 0 radical (unpaired) electrons. The molecule has 0 spiro atoms. The molecule has 1 atom stereocenters. The number of benzene rings is 1. The van der Waals surface area contributed by atoms with Crippen molar-refractivity contribution < 1.29 is 9.84 Å². The summed E-state index contributed by atoms with van der Waals surface area (Å²) in [5, 5.41) is 16.6. The fourth-order valence-corrected chi connectivity index (χ4v) is 1.50. The molecular weight excluding hydrogens is 228 g/mol. The number of amidine groups is 1. The molecule has 4 nitrogen and oxygen atoms in total. The summed E-state index contributed by atoms with van der Waals surface area (Å²) in [5.41, 5.74) is 6.06. The molecule has 4 N–H and O–H groups in total. The van der Waals surface area contributed by atoms with Crippen LogP contribution in [-0.4, -0.2) is 24.2 Å². The molecular formula is C14H22N2O2. The predicted molar refractivity (Wildman–Crippen MR) is 73.0 cm³/mol. The van der Waals surface area contributed by atoms with E-state index in [1.54, 1.807) is 24.3 Å². The molecule has 0 aliphatic rings. The zero-order valence-electron chi connectivity index (χ0n) is 11.2. The summed E-state index contributed by atoms with van der Waals surface area (Å²) in [4.78, 5) is 0. The third-order valence-corrected chi connectivity index (χ3v) is 3.06. The van der Waals surface area contributed by atoms with Crippen LogP contribution in [0.1, 0.15) is 26.3 Å². The van der Waals surface area contributed by atoms with E-state index in [9.17, 15) is 5.11 Å². The minimum absolute atomic E-state index is 0.00801. The molecule has 0 unspecified atom stereocenters. The molecule has 0 heterocycles. The third kappa shape index (κ3) is 4.04. The van der Waals surface area contributed by atoms with E-state index in [0.29, 0.717) is 12.2 Å². The molecule has 18 heavy (non-hydrogen) atoms. The average Bonchev–Trinajstić information content (AvgIpc) is 2.28. The monoisotopic (exact) mass is 250 g/mol. The van der Waals surface area contributed by atoms with Gasteiger partial charge < -0.3 is 15.6 Å². The first kappa shape index (κ1) is 14.5. The largest absolute Gasteiger partial charge is 0.493 e. The van der Waals surface area contributed by atoms with Crippen LogP contribution in [0, 0.1) is 16.7 Å². The van der Waals surface area contributed by atoms with Gasteiger partial charge in [-0.25, -0.2) is 0 Å². The second-order valence-corrected chi connectivity index (χ2v) is 5.49. The van der Waals surface area contributed by atoms with Crippen molar-refractivity contribution in [2.24, 2.45) is 17.1 Å². The van der Waals surface area contributed by atoms with Crippen LogP contribution in [0.3, 0.4) is 0 Å². The van der Waals surface area contributed by atoms with E-state index in [4.69, 9.17) is 15.9 Å². The summed E-state index contributed by atoms with van der Waals surface area (Å²) in [6.07, 6.45) is 0. The van der Waals surface area contributed by atoms with E-state index in [1.807, 2.05) is 0 Å². The van der Waals surface area contributed by atoms with Crippen LogP contribution < -0.4 is 10.5 Å². The molecule has 0 amide bonds. The van der Waals surface area contributed by atoms with E-state index < -0.39 is 0 Å². The summed E-state index contributed by atoms with van der Waals surface area (Å²) in [7, 11) is 0. The first-order valence-corrected chi connectivity index (χ1v) is 6.02. The van der Waals surface area contributed by atoms with E-state index in [-0.39, 0.29) is 23.8 Å². The maximum absolute atomic E-state index is 9.33. The molecule has 0 aliphatic heterocycles. The van der Waals surface area contributed by atoms with Crippen molar-refractivity contribution in [3.63, 3.8) is 0 Å². The second kappa shape index (κ2) is 5.87. The van der Waals surface area contributed by atoms with Crippen LogP contribution in [-0.2, 0) is 0 Å². The number of hydrogen-bond donors (Lipinski definition) is 3. The lowest BCUT2D eigenvalue weighted by molar-refractivity contribution is 0.0818. The SMILES string of the molecule is CC(C)(C)[C@@H](CO)COc1ccc(C(=N)N)cc1. The average molecular weight is 250 g/mol. The molecule has 0 aromatic heterocycles. The first-order chi connectivity index (χ1) is 8.34. The number of ether oxygens (including phenoxy) is 1. The van der Waals surface area contributed by atoms with Crippen molar-refractivity contribution in [1.82, 2.24) is 0 Å². The Hall–Kier alpha value is -1.55. The summed E-state index contributed by atoms with van der Waals surface area (Å²) < 4.78 is 5.65. The van der Waals surface area contributed by atoms with Crippen molar-refractivity contribution in [1.29, 1.82) is 5.41 Å². The Labute approximate surface area is 108 Å². The number of hydrogen-bond acceptors (Lipinski definition) is 3. The van der Waals surface area contributed by atoms with Gasteiger partial charge in [-0.3, -0.25) is 5.41 Å². The first-order valence-electron chi connectivity index (χ1n) is 6.02. The molecule has 1 aromatic rings. The highest BCUT2D eigenvalue weighted by Crippen LogP contribution is 2.26. The van der Waals surface area contributed by atoms with E-state index in [1.165, 1.54) is 0 Å². The predicted octanol–water partition coefficient (Wildman–Crippen LogP) is 2.00. The van der Waals surface area contributed by atoms with Crippen LogP contribution in [0.4, 0.5) is 0 Å². The lowest BCUT2D eigenvalue weighted by atomic mass is 9.82. The Kier molecular flexibility index (Phi) is 4.73. The highest BCUT2D eigenvalue weighted by Gasteiger charge is 2.24. The quantitative estimate of drug-likeness (QED) is 0.552. The zero-order chi connectivity index (χ0) is 13.8. The Balaban J connectivity index is 2.60. The standard InChI is InChI=1S/C14H22N2O2/c1-14(2,3)11(8-17)9-18-12-6-4-10(5-7-12)13(15)16/h4-7,11,17H,8-9H2,1-3H3,(H3,15,16)/t11-/m0/s1. The normalized spacial score (nSPS) is 13.1. The van der Waals surface area contributed by atoms with Gasteiger partial charge in [-0.1, -0.05) is 20.8 Å². The van der Waals surface area contributed by atoms with Gasteiger partial charge in [0.25, 0.3) is 0 Å². The number of aliphatic hydroxyl groups is 1. The van der Waals surface area contributed by atoms with Gasteiger partial charge in [-0.05, 0) is 29.7 Å². The van der Waals surface area contributed by atoms with E-state index in [2.05, 4.69) is 20.8 Å². The van der Waals surface area contributed by atoms with Crippen LogP contribution >= 0.6 is 0 Å². The van der Waals surface area contributed by atoms with Crippen molar-refractivity contribution in [2.45, 2.75) is 20.8 Å². The van der Waals surface area contributed by atoms with Crippen LogP contribution in [0.25, 0.3) is 0 Å². The van der Waals surface area contributed by atoms with Crippen LogP contribution in [0.15, 0.2) is 24.3 Å². The summed E-state index contributed by atoms with van der Waals surface area (Å²) >= 11 is 0. The topological polar surface area (TPSA) is 79.3 Å². The van der Waals surface area contributed by atoms with Gasteiger partial charge in [-0.2, -0.15) is 0 Å². The molecule has 0 saturated carbocycles. The van der Waals surface area contributed by atoms with Gasteiger partial charge >= 0.3 is 0 Å². The Morgan fingerprint density at radius 2 is 1.89 bits per heavy atom. The van der Waals surface area contributed by atoms with Gasteiger partial charge in [-0.15, -0.1) is 0 Å². The molecule has 0 fully saturated rings. The minimum Gasteiger partial charge on any atom is -0.493 e. The van der Waals surface area contributed by atoms with Crippen molar-refractivity contribution in [3.05, 3.63) is 29.8 Å². The summed E-state index contributed by atoms with van der Waals surface area (Å²) in [5.74, 6) is 0.858. The third-order valence-electron chi connectivity index (χ3n) is 3.06. The Morgan fingerprint density at radius 3 is 2.28 bits per heavy atom. The van der Waals surface area contributed by atoms with Gasteiger partial charge in [0.2, 0.25) is 0 Å². The van der Waals surface area contributed by atoms with Gasteiger partial charge in [0.05, 0.1) is 6.61 Å². The fraction of sp³-hybridized carbons (Fsp3) is 0.500. The maximum atomic E-state index is 9.33. The molecule has 0 bridgehead atoms. The van der Waals surface area contributed by atoms with Crippen molar-refractivity contribution in [2.75, 3.05) is 13.2 Å². The van der Waals surface area contributed by atoms with Gasteiger partial charge in [0.1, 0.15) is 11.6 Å². The highest BCUT2D eigenvalue weighted by atomic mass is 16.5. The minimum atomic E-state index is 0.00801. The molecule has 1 rings (SSSR count). The smallest absolute Gasteiger partial charge is 0.122 e. The van der Waals surface area contributed by atoms with E-state index >= 15 is 0 Å². The van der Waals surface area contributed by atoms with Gasteiger partial charge in [0.15, 0.2) is 0 Å². The van der Waals surface area contributed by atoms with Crippen LogP contribution in [0.2, 0.25) is 0 Å². The molecule has 0 aliphatic carbocycles. The number of nitrogen functional groups attached to an aromatic ring is 1. The molecule has 4 heteroatoms. The molecule has 0 saturated heterocycles. The van der Waals surface area contributed by atoms with E-state index in [0.717, 1.165) is 5.75 Å².